The Balaban J connectivity index is 1.34. The van der Waals surface area contributed by atoms with E-state index in [-0.39, 0.29) is 30.7 Å². The number of hydrogen-bond donors (Lipinski definition) is 1. The number of nitrogens with one attached hydrogen (secondary N) is 1. The number of benzene rings is 2. The summed E-state index contributed by atoms with van der Waals surface area (Å²) in [5, 5.41) is 2.90. The van der Waals surface area contributed by atoms with E-state index in [9.17, 15) is 14.4 Å². The molecule has 4 rings (SSSR count). The largest absolute Gasteiger partial charge is 0.326 e. The van der Waals surface area contributed by atoms with E-state index in [1.807, 2.05) is 30.3 Å². The lowest BCUT2D eigenvalue weighted by molar-refractivity contribution is -0.137. The topological polar surface area (TPSA) is 66.5 Å². The predicted molar refractivity (Wildman–Crippen MR) is 98.4 cm³/mol. The maximum absolute atomic E-state index is 12.2. The molecule has 0 radical (unpaired) electrons. The molecular formula is C21H18N2O3. The number of nitrogens with zero attached hydrogens (tertiary/aromatic N) is 1. The number of carbonyl (C=O) groups excluding carboxylic acids is 3. The predicted octanol–water partition coefficient (Wildman–Crippen LogP) is 2.90. The molecule has 3 amide bonds. The van der Waals surface area contributed by atoms with Gasteiger partial charge in [0, 0.05) is 30.8 Å². The fourth-order valence-electron chi connectivity index (χ4n) is 3.50. The van der Waals surface area contributed by atoms with Crippen molar-refractivity contribution < 1.29 is 14.4 Å². The van der Waals surface area contributed by atoms with Crippen LogP contribution in [0.2, 0.25) is 0 Å². The van der Waals surface area contributed by atoms with Gasteiger partial charge in [0.1, 0.15) is 0 Å². The highest BCUT2D eigenvalue weighted by Gasteiger charge is 2.23. The van der Waals surface area contributed by atoms with Crippen LogP contribution in [-0.2, 0) is 20.8 Å². The first-order valence-corrected chi connectivity index (χ1v) is 8.66. The molecule has 0 saturated heterocycles. The van der Waals surface area contributed by atoms with Crippen LogP contribution < -0.4 is 5.32 Å². The first-order valence-electron chi connectivity index (χ1n) is 8.66. The lowest BCUT2D eigenvalue weighted by Crippen LogP contribution is -2.31. The van der Waals surface area contributed by atoms with Gasteiger partial charge in [-0.3, -0.25) is 19.3 Å². The summed E-state index contributed by atoms with van der Waals surface area (Å²) in [7, 11) is 0. The molecule has 1 heterocycles. The first-order chi connectivity index (χ1) is 12.6. The van der Waals surface area contributed by atoms with Gasteiger partial charge < -0.3 is 5.32 Å². The molecule has 1 N–H and O–H groups in total. The number of hydrogen-bond acceptors (Lipinski definition) is 3. The fourth-order valence-corrected chi connectivity index (χ4v) is 3.50. The van der Waals surface area contributed by atoms with Crippen molar-refractivity contribution in [3.05, 3.63) is 65.7 Å². The Kier molecular flexibility index (Phi) is 4.13. The highest BCUT2D eigenvalue weighted by atomic mass is 16.2. The summed E-state index contributed by atoms with van der Waals surface area (Å²) in [6, 6.07) is 14.3. The van der Waals surface area contributed by atoms with Crippen LogP contribution in [-0.4, -0.2) is 29.2 Å². The Morgan fingerprint density at radius 1 is 0.962 bits per heavy atom. The second kappa shape index (κ2) is 6.59. The SMILES string of the molecule is O=C(CCCN1C(=O)C=CC1=O)Nc1ccc2c(c1)Cc1ccccc1-2. The minimum absolute atomic E-state index is 0.118. The first kappa shape index (κ1) is 16.3. The Morgan fingerprint density at radius 3 is 2.50 bits per heavy atom. The second-order valence-corrected chi connectivity index (χ2v) is 6.52. The Bertz CT molecular complexity index is 928. The van der Waals surface area contributed by atoms with Crippen molar-refractivity contribution >= 4 is 23.4 Å². The summed E-state index contributed by atoms with van der Waals surface area (Å²) in [6.45, 7) is 0.261. The highest BCUT2D eigenvalue weighted by Crippen LogP contribution is 2.37. The molecule has 0 spiro atoms. The van der Waals surface area contributed by atoms with Gasteiger partial charge in [0.2, 0.25) is 5.91 Å². The van der Waals surface area contributed by atoms with Crippen LogP contribution in [0.3, 0.4) is 0 Å². The maximum Gasteiger partial charge on any atom is 0.253 e. The zero-order chi connectivity index (χ0) is 18.1. The molecule has 0 saturated carbocycles. The van der Waals surface area contributed by atoms with Crippen LogP contribution in [0.1, 0.15) is 24.0 Å². The molecule has 0 unspecified atom stereocenters. The molecular weight excluding hydrogens is 328 g/mol. The zero-order valence-corrected chi connectivity index (χ0v) is 14.2. The second-order valence-electron chi connectivity index (χ2n) is 6.52. The zero-order valence-electron chi connectivity index (χ0n) is 14.2. The van der Waals surface area contributed by atoms with E-state index in [4.69, 9.17) is 0 Å². The third-order valence-electron chi connectivity index (χ3n) is 4.76. The molecule has 2 aromatic rings. The fraction of sp³-hybridized carbons (Fsp3) is 0.190. The van der Waals surface area contributed by atoms with Gasteiger partial charge in [-0.15, -0.1) is 0 Å². The van der Waals surface area contributed by atoms with Gasteiger partial charge in [-0.1, -0.05) is 30.3 Å². The Labute approximate surface area is 151 Å². The molecule has 1 aliphatic carbocycles. The summed E-state index contributed by atoms with van der Waals surface area (Å²) >= 11 is 0. The number of anilines is 1. The van der Waals surface area contributed by atoms with Crippen molar-refractivity contribution in [2.75, 3.05) is 11.9 Å². The average Bonchev–Trinajstić information content (AvgIpc) is 3.15. The van der Waals surface area contributed by atoms with E-state index in [2.05, 4.69) is 17.4 Å². The third-order valence-corrected chi connectivity index (χ3v) is 4.76. The molecule has 0 bridgehead atoms. The molecule has 2 aliphatic rings. The van der Waals surface area contributed by atoms with Crippen LogP contribution in [0.5, 0.6) is 0 Å². The van der Waals surface area contributed by atoms with Crippen molar-refractivity contribution in [3.8, 4) is 11.1 Å². The normalized spacial score (nSPS) is 14.5. The van der Waals surface area contributed by atoms with Crippen molar-refractivity contribution in [2.24, 2.45) is 0 Å². The standard InChI is InChI=1S/C21H18N2O3/c24-19(6-3-11-23-20(25)9-10-21(23)26)22-16-7-8-18-15(13-16)12-14-4-1-2-5-17(14)18/h1-2,4-5,7-10,13H,3,6,11-12H2,(H,22,24). The number of imide groups is 1. The molecule has 0 fully saturated rings. The van der Waals surface area contributed by atoms with Crippen LogP contribution in [0, 0.1) is 0 Å². The molecule has 5 heteroatoms. The van der Waals surface area contributed by atoms with Gasteiger partial charge in [-0.2, -0.15) is 0 Å². The van der Waals surface area contributed by atoms with Crippen molar-refractivity contribution in [1.29, 1.82) is 0 Å². The van der Waals surface area contributed by atoms with E-state index in [1.54, 1.807) is 0 Å². The smallest absolute Gasteiger partial charge is 0.253 e. The number of rotatable bonds is 5. The number of amides is 3. The molecule has 130 valence electrons. The summed E-state index contributed by atoms with van der Waals surface area (Å²) in [4.78, 5) is 36.2. The molecule has 26 heavy (non-hydrogen) atoms. The van der Waals surface area contributed by atoms with E-state index >= 15 is 0 Å². The van der Waals surface area contributed by atoms with Gasteiger partial charge in [0.25, 0.3) is 11.8 Å². The summed E-state index contributed by atoms with van der Waals surface area (Å²) < 4.78 is 0. The minimum atomic E-state index is -0.311. The number of carbonyl (C=O) groups is 3. The lowest BCUT2D eigenvalue weighted by Gasteiger charge is -2.13. The summed E-state index contributed by atoms with van der Waals surface area (Å²) in [5.74, 6) is -0.741. The van der Waals surface area contributed by atoms with Crippen molar-refractivity contribution in [1.82, 2.24) is 4.90 Å². The molecule has 1 aliphatic heterocycles. The lowest BCUT2D eigenvalue weighted by atomic mass is 10.1. The highest BCUT2D eigenvalue weighted by molar-refractivity contribution is 6.12. The summed E-state index contributed by atoms with van der Waals surface area (Å²) in [5.41, 5.74) is 5.77. The van der Waals surface area contributed by atoms with Gasteiger partial charge in [0.05, 0.1) is 0 Å². The van der Waals surface area contributed by atoms with Crippen LogP contribution in [0.15, 0.2) is 54.6 Å². The number of fused-ring (bicyclic) bond motifs is 3. The Hall–Kier alpha value is -3.21. The molecule has 5 nitrogen and oxygen atoms in total. The van der Waals surface area contributed by atoms with Crippen LogP contribution in [0.25, 0.3) is 11.1 Å². The average molecular weight is 346 g/mol. The quantitative estimate of drug-likeness (QED) is 0.723. The van der Waals surface area contributed by atoms with Crippen molar-refractivity contribution in [2.45, 2.75) is 19.3 Å². The van der Waals surface area contributed by atoms with Gasteiger partial charge in [-0.25, -0.2) is 0 Å². The van der Waals surface area contributed by atoms with Gasteiger partial charge >= 0.3 is 0 Å². The molecule has 0 atom stereocenters. The van der Waals surface area contributed by atoms with E-state index in [0.717, 1.165) is 17.0 Å². The van der Waals surface area contributed by atoms with E-state index < -0.39 is 0 Å². The minimum Gasteiger partial charge on any atom is -0.326 e. The third kappa shape index (κ3) is 3.04. The van der Waals surface area contributed by atoms with Crippen LogP contribution in [0.4, 0.5) is 5.69 Å². The van der Waals surface area contributed by atoms with Gasteiger partial charge in [-0.05, 0) is 47.2 Å². The van der Waals surface area contributed by atoms with E-state index in [0.29, 0.717) is 6.42 Å². The van der Waals surface area contributed by atoms with Crippen molar-refractivity contribution in [3.63, 3.8) is 0 Å². The van der Waals surface area contributed by atoms with Gasteiger partial charge in [0.15, 0.2) is 0 Å². The Morgan fingerprint density at radius 2 is 1.69 bits per heavy atom. The maximum atomic E-state index is 12.2. The molecule has 2 aromatic carbocycles. The van der Waals surface area contributed by atoms with Crippen LogP contribution >= 0.6 is 0 Å². The monoisotopic (exact) mass is 346 g/mol. The van der Waals surface area contributed by atoms with E-state index in [1.165, 1.54) is 34.4 Å². The summed E-state index contributed by atoms with van der Waals surface area (Å²) in [6.07, 6.45) is 4.09. The molecule has 0 aromatic heterocycles.